The number of nitrogen functional groups attached to an aromatic ring is 1. The highest BCUT2D eigenvalue weighted by molar-refractivity contribution is 6.68. The predicted molar refractivity (Wildman–Crippen MR) is 57.6 cm³/mol. The molecule has 0 saturated heterocycles. The van der Waals surface area contributed by atoms with E-state index in [0.29, 0.717) is 0 Å². The van der Waals surface area contributed by atoms with E-state index >= 15 is 0 Å². The third-order valence-corrected chi connectivity index (χ3v) is 2.52. The molecule has 0 aromatic heterocycles. The van der Waals surface area contributed by atoms with Crippen molar-refractivity contribution in [1.29, 1.82) is 0 Å². The number of halogens is 3. The van der Waals surface area contributed by atoms with Crippen LogP contribution in [0.3, 0.4) is 0 Å². The van der Waals surface area contributed by atoms with E-state index in [-0.39, 0.29) is 27.0 Å². The Kier molecular flexibility index (Phi) is 3.48. The molecular weight excluding hydrogens is 248 g/mol. The molecule has 76 valence electrons. The Hall–Kier alpha value is -0.640. The van der Waals surface area contributed by atoms with Crippen LogP contribution in [0.25, 0.3) is 0 Å². The number of methoxy groups -OCH3 is 1. The van der Waals surface area contributed by atoms with Crippen LogP contribution >= 0.6 is 34.8 Å². The maximum atomic E-state index is 11.0. The standard InChI is InChI=1S/C8H6Cl3NO2/c1-14-7-3(8(11)13)2-4(9)6(12)5(7)10/h2H,12H2,1H3. The van der Waals surface area contributed by atoms with Crippen molar-refractivity contribution in [2.24, 2.45) is 0 Å². The van der Waals surface area contributed by atoms with Crippen molar-refractivity contribution < 1.29 is 9.53 Å². The van der Waals surface area contributed by atoms with Crippen molar-refractivity contribution in [2.45, 2.75) is 0 Å². The number of benzene rings is 1. The summed E-state index contributed by atoms with van der Waals surface area (Å²) in [6.07, 6.45) is 0. The maximum absolute atomic E-state index is 11.0. The summed E-state index contributed by atoms with van der Waals surface area (Å²) in [6, 6.07) is 1.32. The molecule has 3 nitrogen and oxygen atoms in total. The molecule has 14 heavy (non-hydrogen) atoms. The first kappa shape index (κ1) is 11.4. The molecule has 0 aliphatic rings. The van der Waals surface area contributed by atoms with Gasteiger partial charge in [0.2, 0.25) is 0 Å². The number of anilines is 1. The summed E-state index contributed by atoms with van der Waals surface area (Å²) in [6.45, 7) is 0. The van der Waals surface area contributed by atoms with E-state index in [1.807, 2.05) is 0 Å². The fourth-order valence-corrected chi connectivity index (χ4v) is 1.63. The predicted octanol–water partition coefficient (Wildman–Crippen LogP) is 2.96. The smallest absolute Gasteiger partial charge is 0.256 e. The molecule has 6 heteroatoms. The molecule has 0 fully saturated rings. The highest BCUT2D eigenvalue weighted by atomic mass is 35.5. The zero-order chi connectivity index (χ0) is 10.9. The number of carbonyl (C=O) groups is 1. The molecule has 0 aliphatic carbocycles. The SMILES string of the molecule is COc1c(C(=O)Cl)cc(Cl)c(N)c1Cl. The molecule has 1 aromatic rings. The first-order valence-electron chi connectivity index (χ1n) is 3.50. The van der Waals surface area contributed by atoms with E-state index < -0.39 is 5.24 Å². The van der Waals surface area contributed by atoms with Gasteiger partial charge in [0, 0.05) is 0 Å². The monoisotopic (exact) mass is 253 g/mol. The molecule has 0 radical (unpaired) electrons. The van der Waals surface area contributed by atoms with Gasteiger partial charge in [0.15, 0.2) is 5.75 Å². The normalized spacial score (nSPS) is 10.0. The number of ether oxygens (including phenoxy) is 1. The molecule has 1 aromatic carbocycles. The third kappa shape index (κ3) is 1.90. The Morgan fingerprint density at radius 2 is 2.07 bits per heavy atom. The Balaban J connectivity index is 3.51. The molecule has 0 heterocycles. The summed E-state index contributed by atoms with van der Waals surface area (Å²) in [5.41, 5.74) is 5.78. The van der Waals surface area contributed by atoms with E-state index in [9.17, 15) is 4.79 Å². The van der Waals surface area contributed by atoms with Crippen LogP contribution in [0.1, 0.15) is 10.4 Å². The number of hydrogen-bond donors (Lipinski definition) is 1. The lowest BCUT2D eigenvalue weighted by atomic mass is 10.2. The van der Waals surface area contributed by atoms with Crippen LogP contribution < -0.4 is 10.5 Å². The molecule has 2 N–H and O–H groups in total. The van der Waals surface area contributed by atoms with Gasteiger partial charge in [-0.05, 0) is 17.7 Å². The summed E-state index contributed by atoms with van der Waals surface area (Å²) in [4.78, 5) is 11.0. The minimum Gasteiger partial charge on any atom is -0.494 e. The quantitative estimate of drug-likeness (QED) is 0.652. The summed E-state index contributed by atoms with van der Waals surface area (Å²) in [5, 5.41) is -0.450. The van der Waals surface area contributed by atoms with Gasteiger partial charge in [-0.15, -0.1) is 0 Å². The first-order valence-corrected chi connectivity index (χ1v) is 4.63. The van der Waals surface area contributed by atoms with Crippen LogP contribution in [-0.4, -0.2) is 12.4 Å². The molecule has 0 bridgehead atoms. The van der Waals surface area contributed by atoms with Crippen molar-refractivity contribution in [3.63, 3.8) is 0 Å². The summed E-state index contributed by atoms with van der Waals surface area (Å²) in [5.74, 6) is 0.133. The van der Waals surface area contributed by atoms with Crippen LogP contribution in [0.4, 0.5) is 5.69 Å². The lowest BCUT2D eigenvalue weighted by molar-refractivity contribution is 0.107. The van der Waals surface area contributed by atoms with Crippen LogP contribution in [0, 0.1) is 0 Å². The van der Waals surface area contributed by atoms with Crippen molar-refractivity contribution in [3.05, 3.63) is 21.7 Å². The Labute approximate surface area is 95.7 Å². The lowest BCUT2D eigenvalue weighted by Crippen LogP contribution is -2.00. The zero-order valence-corrected chi connectivity index (χ0v) is 9.37. The molecule has 1 rings (SSSR count). The maximum Gasteiger partial charge on any atom is 0.256 e. The van der Waals surface area contributed by atoms with Gasteiger partial charge in [-0.1, -0.05) is 23.2 Å². The van der Waals surface area contributed by atoms with Crippen LogP contribution in [0.15, 0.2) is 6.07 Å². The van der Waals surface area contributed by atoms with Gasteiger partial charge in [0.1, 0.15) is 5.02 Å². The van der Waals surface area contributed by atoms with Crippen molar-refractivity contribution in [2.75, 3.05) is 12.8 Å². The topological polar surface area (TPSA) is 52.3 Å². The Morgan fingerprint density at radius 1 is 1.50 bits per heavy atom. The first-order chi connectivity index (χ1) is 6.49. The Morgan fingerprint density at radius 3 is 2.50 bits per heavy atom. The summed E-state index contributed by atoms with van der Waals surface area (Å²) < 4.78 is 4.90. The molecular formula is C8H6Cl3NO2. The average molecular weight is 254 g/mol. The minimum absolute atomic E-state index is 0.0870. The highest BCUT2D eigenvalue weighted by Crippen LogP contribution is 2.39. The van der Waals surface area contributed by atoms with Crippen molar-refractivity contribution >= 4 is 45.7 Å². The summed E-state index contributed by atoms with van der Waals surface area (Å²) in [7, 11) is 1.36. The molecule has 0 aliphatic heterocycles. The number of nitrogens with two attached hydrogens (primary N) is 1. The van der Waals surface area contributed by atoms with E-state index in [2.05, 4.69) is 0 Å². The minimum atomic E-state index is -0.703. The number of hydrogen-bond acceptors (Lipinski definition) is 3. The van der Waals surface area contributed by atoms with E-state index in [1.165, 1.54) is 13.2 Å². The van der Waals surface area contributed by atoms with E-state index in [0.717, 1.165) is 0 Å². The highest BCUT2D eigenvalue weighted by Gasteiger charge is 2.18. The van der Waals surface area contributed by atoms with Gasteiger partial charge in [-0.25, -0.2) is 0 Å². The van der Waals surface area contributed by atoms with Crippen molar-refractivity contribution in [3.8, 4) is 5.75 Å². The van der Waals surface area contributed by atoms with Gasteiger partial charge < -0.3 is 10.5 Å². The second-order valence-corrected chi connectivity index (χ2v) is 3.57. The second kappa shape index (κ2) is 4.26. The van der Waals surface area contributed by atoms with Gasteiger partial charge in [0.05, 0.1) is 23.4 Å². The second-order valence-electron chi connectivity index (χ2n) is 2.44. The molecule has 0 atom stereocenters. The summed E-state index contributed by atoms with van der Waals surface area (Å²) >= 11 is 16.8. The largest absolute Gasteiger partial charge is 0.494 e. The number of carbonyl (C=O) groups excluding carboxylic acids is 1. The van der Waals surface area contributed by atoms with Gasteiger partial charge >= 0.3 is 0 Å². The number of rotatable bonds is 2. The fraction of sp³-hybridized carbons (Fsp3) is 0.125. The molecule has 0 unspecified atom stereocenters. The van der Waals surface area contributed by atoms with Crippen LogP contribution in [0.5, 0.6) is 5.75 Å². The van der Waals surface area contributed by atoms with Crippen LogP contribution in [0.2, 0.25) is 10.0 Å². The fourth-order valence-electron chi connectivity index (χ4n) is 0.961. The molecule has 0 amide bonds. The van der Waals surface area contributed by atoms with Crippen LogP contribution in [-0.2, 0) is 0 Å². The van der Waals surface area contributed by atoms with Gasteiger partial charge in [-0.2, -0.15) is 0 Å². The average Bonchev–Trinajstić information content (AvgIpc) is 2.13. The zero-order valence-electron chi connectivity index (χ0n) is 7.11. The van der Waals surface area contributed by atoms with E-state index in [4.69, 9.17) is 45.3 Å². The molecule has 0 spiro atoms. The Bertz CT molecular complexity index is 393. The third-order valence-electron chi connectivity index (χ3n) is 1.62. The van der Waals surface area contributed by atoms with Gasteiger partial charge in [-0.3, -0.25) is 4.79 Å². The molecule has 0 saturated carbocycles. The van der Waals surface area contributed by atoms with Crippen molar-refractivity contribution in [1.82, 2.24) is 0 Å². The lowest BCUT2D eigenvalue weighted by Gasteiger charge is -2.10. The van der Waals surface area contributed by atoms with E-state index in [1.54, 1.807) is 0 Å². The van der Waals surface area contributed by atoms with Gasteiger partial charge in [0.25, 0.3) is 5.24 Å².